The lowest BCUT2D eigenvalue weighted by Crippen LogP contribution is -2.52. The first-order valence-corrected chi connectivity index (χ1v) is 7.70. The fourth-order valence-electron chi connectivity index (χ4n) is 2.08. The number of halogens is 4. The van der Waals surface area contributed by atoms with Crippen molar-refractivity contribution in [3.05, 3.63) is 0 Å². The molecule has 0 aromatic carbocycles. The Balaban J connectivity index is 0.00000361. The van der Waals surface area contributed by atoms with E-state index < -0.39 is 28.5 Å². The van der Waals surface area contributed by atoms with Crippen LogP contribution in [0, 0.1) is 0 Å². The van der Waals surface area contributed by atoms with E-state index in [0.29, 0.717) is 12.8 Å². The van der Waals surface area contributed by atoms with Crippen molar-refractivity contribution >= 4 is 22.6 Å². The van der Waals surface area contributed by atoms with Crippen LogP contribution in [0.1, 0.15) is 38.5 Å². The Morgan fingerprint density at radius 3 is 2.00 bits per heavy atom. The van der Waals surface area contributed by atoms with Gasteiger partial charge < -0.3 is 5.73 Å². The van der Waals surface area contributed by atoms with Crippen LogP contribution in [-0.4, -0.2) is 33.2 Å². The Hall–Kier alpha value is -0.0900. The Morgan fingerprint density at radius 2 is 1.55 bits per heavy atom. The maximum Gasteiger partial charge on any atom is 0.402 e. The average molecular weight is 340 g/mol. The summed E-state index contributed by atoms with van der Waals surface area (Å²) in [6, 6.07) is 0. The molecule has 1 saturated carbocycles. The summed E-state index contributed by atoms with van der Waals surface area (Å²) in [6.07, 6.45) is 0.708. The molecule has 0 aromatic heterocycles. The summed E-state index contributed by atoms with van der Waals surface area (Å²) in [4.78, 5) is 0. The van der Waals surface area contributed by atoms with Gasteiger partial charge in [0.1, 0.15) is 6.54 Å². The minimum atomic E-state index is -4.57. The molecular formula is C10H21ClF3N3O2S. The standard InChI is InChI=1S/C10H20F3N3O2S.ClH/c11-10(12,13)8-16-19(17,18)15-7-9(14)5-3-1-2-4-6-9;/h15-16H,1-8,14H2;1H. The predicted octanol–water partition coefficient (Wildman–Crippen LogP) is 1.45. The van der Waals surface area contributed by atoms with E-state index in [-0.39, 0.29) is 19.0 Å². The van der Waals surface area contributed by atoms with Crippen molar-refractivity contribution in [3.63, 3.8) is 0 Å². The van der Waals surface area contributed by atoms with Gasteiger partial charge in [0.2, 0.25) is 0 Å². The summed E-state index contributed by atoms with van der Waals surface area (Å²) >= 11 is 0. The van der Waals surface area contributed by atoms with E-state index in [9.17, 15) is 21.6 Å². The van der Waals surface area contributed by atoms with E-state index in [2.05, 4.69) is 4.72 Å². The lowest BCUT2D eigenvalue weighted by Gasteiger charge is -2.28. The van der Waals surface area contributed by atoms with Crippen LogP contribution in [0.15, 0.2) is 0 Å². The molecule has 1 fully saturated rings. The second-order valence-electron chi connectivity index (χ2n) is 5.04. The van der Waals surface area contributed by atoms with Gasteiger partial charge in [0.25, 0.3) is 10.2 Å². The lowest BCUT2D eigenvalue weighted by atomic mass is 9.92. The molecular weight excluding hydrogens is 319 g/mol. The highest BCUT2D eigenvalue weighted by Crippen LogP contribution is 2.24. The van der Waals surface area contributed by atoms with Gasteiger partial charge in [-0.2, -0.15) is 26.3 Å². The van der Waals surface area contributed by atoms with Crippen molar-refractivity contribution < 1.29 is 21.6 Å². The topological polar surface area (TPSA) is 84.2 Å². The number of nitrogens with two attached hydrogens (primary N) is 1. The van der Waals surface area contributed by atoms with Crippen molar-refractivity contribution in [2.45, 2.75) is 50.2 Å². The van der Waals surface area contributed by atoms with Crippen molar-refractivity contribution in [1.82, 2.24) is 9.44 Å². The highest BCUT2D eigenvalue weighted by molar-refractivity contribution is 7.87. The maximum atomic E-state index is 11.9. The summed E-state index contributed by atoms with van der Waals surface area (Å²) in [5.74, 6) is 0. The quantitative estimate of drug-likeness (QED) is 0.663. The Labute approximate surface area is 123 Å². The first-order valence-electron chi connectivity index (χ1n) is 6.22. The van der Waals surface area contributed by atoms with Gasteiger partial charge in [-0.05, 0) is 12.8 Å². The Bertz CT molecular complexity index is 382. The fraction of sp³-hybridized carbons (Fsp3) is 1.00. The summed E-state index contributed by atoms with van der Waals surface area (Å²) in [5, 5.41) is 0. The van der Waals surface area contributed by atoms with Gasteiger partial charge >= 0.3 is 6.18 Å². The van der Waals surface area contributed by atoms with Crippen molar-refractivity contribution in [2.24, 2.45) is 5.73 Å². The zero-order valence-corrected chi connectivity index (χ0v) is 12.6. The van der Waals surface area contributed by atoms with Crippen molar-refractivity contribution in [3.8, 4) is 0 Å². The smallest absolute Gasteiger partial charge is 0.324 e. The van der Waals surface area contributed by atoms with Crippen LogP contribution >= 0.6 is 12.4 Å². The fourth-order valence-corrected chi connectivity index (χ4v) is 3.01. The van der Waals surface area contributed by atoms with E-state index in [4.69, 9.17) is 5.73 Å². The molecule has 122 valence electrons. The highest BCUT2D eigenvalue weighted by atomic mass is 35.5. The molecule has 0 aromatic rings. The lowest BCUT2D eigenvalue weighted by molar-refractivity contribution is -0.121. The molecule has 0 unspecified atom stereocenters. The molecule has 0 bridgehead atoms. The van der Waals surface area contributed by atoms with Crippen molar-refractivity contribution in [1.29, 1.82) is 0 Å². The van der Waals surface area contributed by atoms with Gasteiger partial charge in [-0.25, -0.2) is 4.72 Å². The van der Waals surface area contributed by atoms with Crippen LogP contribution in [0.5, 0.6) is 0 Å². The number of hydrogen-bond acceptors (Lipinski definition) is 3. The number of hydrogen-bond donors (Lipinski definition) is 3. The van der Waals surface area contributed by atoms with Crippen molar-refractivity contribution in [2.75, 3.05) is 13.1 Å². The monoisotopic (exact) mass is 339 g/mol. The van der Waals surface area contributed by atoms with E-state index in [1.54, 1.807) is 0 Å². The summed E-state index contributed by atoms with van der Waals surface area (Å²) < 4.78 is 62.1. The normalized spacial score (nSPS) is 20.0. The van der Waals surface area contributed by atoms with Gasteiger partial charge in [0.15, 0.2) is 0 Å². The molecule has 0 radical (unpaired) electrons. The summed E-state index contributed by atoms with van der Waals surface area (Å²) in [5.41, 5.74) is 5.41. The van der Waals surface area contributed by atoms with E-state index >= 15 is 0 Å². The van der Waals surface area contributed by atoms with Gasteiger partial charge in [-0.3, -0.25) is 0 Å². The largest absolute Gasteiger partial charge is 0.402 e. The number of rotatable bonds is 5. The third-order valence-corrected chi connectivity index (χ3v) is 4.22. The second kappa shape index (κ2) is 7.79. The molecule has 4 N–H and O–H groups in total. The van der Waals surface area contributed by atoms with Gasteiger partial charge in [-0.15, -0.1) is 12.4 Å². The SMILES string of the molecule is Cl.NC1(CNS(=O)(=O)NCC(F)(F)F)CCCCCC1. The van der Waals surface area contributed by atoms with E-state index in [1.807, 2.05) is 0 Å². The molecule has 0 aliphatic heterocycles. The first kappa shape index (κ1) is 19.9. The molecule has 1 aliphatic carbocycles. The minimum Gasteiger partial charge on any atom is -0.324 e. The molecule has 0 atom stereocenters. The second-order valence-corrected chi connectivity index (χ2v) is 6.62. The molecule has 0 heterocycles. The molecule has 10 heteroatoms. The Kier molecular flexibility index (Phi) is 7.75. The van der Waals surface area contributed by atoms with Crippen LogP contribution < -0.4 is 15.2 Å². The summed E-state index contributed by atoms with van der Waals surface area (Å²) in [7, 11) is -4.16. The zero-order valence-electron chi connectivity index (χ0n) is 11.0. The summed E-state index contributed by atoms with van der Waals surface area (Å²) in [6.45, 7) is -1.62. The predicted molar refractivity (Wildman–Crippen MR) is 72.8 cm³/mol. The third kappa shape index (κ3) is 8.25. The molecule has 1 aliphatic rings. The number of alkyl halides is 3. The molecule has 0 saturated heterocycles. The first-order chi connectivity index (χ1) is 8.62. The highest BCUT2D eigenvalue weighted by Gasteiger charge is 2.31. The van der Waals surface area contributed by atoms with Crippen LogP contribution in [0.4, 0.5) is 13.2 Å². The minimum absolute atomic E-state index is 0. The molecule has 5 nitrogen and oxygen atoms in total. The maximum absolute atomic E-state index is 11.9. The zero-order chi connectivity index (χ0) is 14.6. The van der Waals surface area contributed by atoms with Crippen LogP contribution in [0.25, 0.3) is 0 Å². The molecule has 0 spiro atoms. The average Bonchev–Trinajstić information content (AvgIpc) is 2.50. The van der Waals surface area contributed by atoms with Crippen LogP contribution in [0.3, 0.4) is 0 Å². The van der Waals surface area contributed by atoms with Crippen LogP contribution in [-0.2, 0) is 10.2 Å². The third-order valence-electron chi connectivity index (χ3n) is 3.18. The molecule has 1 rings (SSSR count). The molecule has 0 amide bonds. The van der Waals surface area contributed by atoms with Gasteiger partial charge in [0.05, 0.1) is 0 Å². The van der Waals surface area contributed by atoms with Gasteiger partial charge in [0, 0.05) is 12.1 Å². The van der Waals surface area contributed by atoms with Crippen LogP contribution in [0.2, 0.25) is 0 Å². The number of nitrogens with one attached hydrogen (secondary N) is 2. The van der Waals surface area contributed by atoms with Gasteiger partial charge in [-0.1, -0.05) is 25.7 Å². The molecule has 20 heavy (non-hydrogen) atoms. The van der Waals surface area contributed by atoms with E-state index in [1.165, 1.54) is 4.72 Å². The van der Waals surface area contributed by atoms with E-state index in [0.717, 1.165) is 25.7 Å². The Morgan fingerprint density at radius 1 is 1.05 bits per heavy atom.